The average Bonchev–Trinajstić information content (AvgIpc) is 2.79. The van der Waals surface area contributed by atoms with Gasteiger partial charge in [-0.05, 0) is 41.8 Å². The van der Waals surface area contributed by atoms with Crippen LogP contribution >= 0.6 is 11.6 Å². The molecule has 1 aliphatic rings. The van der Waals surface area contributed by atoms with Crippen LogP contribution in [0.25, 0.3) is 32.9 Å². The first-order valence-electron chi connectivity index (χ1n) is 9.98. The number of carbonyl (C=O) groups excluding carboxylic acids is 1. The standard InChI is InChI=1S/C25H15ClF3N3O/c1-32-20-7-3-2-6-16(20)23-22-18(17-13-15(26)8-9-19(17)31-23)11-14(12-21(22)32)5-4-10-30-24(33)25(27,28)29/h2-3,6-9,11-13H,10H2,1H3,(H,30,33). The molecule has 5 rings (SSSR count). The number of hydrogen-bond donors (Lipinski definition) is 1. The van der Waals surface area contributed by atoms with E-state index in [0.717, 1.165) is 44.3 Å². The van der Waals surface area contributed by atoms with Crippen LogP contribution in [0.1, 0.15) is 5.56 Å². The second-order valence-corrected chi connectivity index (χ2v) is 8.03. The number of para-hydroxylation sites is 1. The lowest BCUT2D eigenvalue weighted by atomic mass is 9.92. The molecule has 2 heterocycles. The third kappa shape index (κ3) is 3.62. The molecule has 1 amide bonds. The SMILES string of the molecule is CN1c2ccccc2-c2nc3ccc(Cl)cc3c3cc(C#CCNC(=O)C(F)(F)F)cc1c23. The molecule has 0 fully saturated rings. The lowest BCUT2D eigenvalue weighted by Crippen LogP contribution is -2.36. The van der Waals surface area contributed by atoms with Gasteiger partial charge in [0.25, 0.3) is 0 Å². The van der Waals surface area contributed by atoms with Gasteiger partial charge in [0.05, 0.1) is 29.1 Å². The van der Waals surface area contributed by atoms with Gasteiger partial charge >= 0.3 is 12.1 Å². The Bertz CT molecular complexity index is 1520. The van der Waals surface area contributed by atoms with E-state index < -0.39 is 18.6 Å². The number of nitrogens with one attached hydrogen (secondary N) is 1. The van der Waals surface area contributed by atoms with Gasteiger partial charge < -0.3 is 10.2 Å². The molecular weight excluding hydrogens is 451 g/mol. The summed E-state index contributed by atoms with van der Waals surface area (Å²) in [5.74, 6) is 3.46. The zero-order valence-electron chi connectivity index (χ0n) is 17.2. The predicted molar refractivity (Wildman–Crippen MR) is 124 cm³/mol. The van der Waals surface area contributed by atoms with Gasteiger partial charge in [0.2, 0.25) is 0 Å². The van der Waals surface area contributed by atoms with Crippen LogP contribution in [0, 0.1) is 11.8 Å². The van der Waals surface area contributed by atoms with E-state index in [9.17, 15) is 18.0 Å². The Labute approximate surface area is 192 Å². The number of hydrogen-bond acceptors (Lipinski definition) is 3. The van der Waals surface area contributed by atoms with Gasteiger partial charge in [-0.25, -0.2) is 4.98 Å². The molecule has 1 N–H and O–H groups in total. The number of rotatable bonds is 1. The molecule has 0 unspecified atom stereocenters. The summed E-state index contributed by atoms with van der Waals surface area (Å²) in [6.45, 7) is -0.418. The Hall–Kier alpha value is -3.76. The molecule has 8 heteroatoms. The number of halogens is 4. The van der Waals surface area contributed by atoms with Crippen LogP contribution in [0.4, 0.5) is 24.5 Å². The minimum Gasteiger partial charge on any atom is -0.343 e. The molecule has 0 aliphatic carbocycles. The molecule has 0 bridgehead atoms. The third-order valence-corrected chi connectivity index (χ3v) is 5.78. The van der Waals surface area contributed by atoms with E-state index >= 15 is 0 Å². The largest absolute Gasteiger partial charge is 0.471 e. The normalized spacial score (nSPS) is 12.3. The van der Waals surface area contributed by atoms with Crippen LogP contribution in [-0.2, 0) is 4.79 Å². The predicted octanol–water partition coefficient (Wildman–Crippen LogP) is 5.82. The summed E-state index contributed by atoms with van der Waals surface area (Å²) in [5, 5.41) is 5.02. The maximum atomic E-state index is 12.4. The van der Waals surface area contributed by atoms with Crippen molar-refractivity contribution in [3.05, 3.63) is 65.2 Å². The summed E-state index contributed by atoms with van der Waals surface area (Å²) < 4.78 is 37.1. The smallest absolute Gasteiger partial charge is 0.343 e. The summed E-state index contributed by atoms with van der Waals surface area (Å²) in [7, 11) is 1.94. The molecular formula is C25H15ClF3N3O. The van der Waals surface area contributed by atoms with E-state index in [0.29, 0.717) is 10.6 Å². The Kier molecular flexibility index (Phi) is 4.91. The highest BCUT2D eigenvalue weighted by Crippen LogP contribution is 2.48. The molecule has 164 valence electrons. The van der Waals surface area contributed by atoms with Crippen LogP contribution in [0.3, 0.4) is 0 Å². The summed E-state index contributed by atoms with van der Waals surface area (Å²) in [6, 6.07) is 17.2. The second-order valence-electron chi connectivity index (χ2n) is 7.60. The van der Waals surface area contributed by atoms with Crippen LogP contribution in [0.5, 0.6) is 0 Å². The fourth-order valence-corrected chi connectivity index (χ4v) is 4.26. The van der Waals surface area contributed by atoms with Crippen LogP contribution in [-0.4, -0.2) is 30.7 Å². The lowest BCUT2D eigenvalue weighted by molar-refractivity contribution is -0.173. The van der Waals surface area contributed by atoms with E-state index in [-0.39, 0.29) is 0 Å². The summed E-state index contributed by atoms with van der Waals surface area (Å²) >= 11 is 6.27. The van der Waals surface area contributed by atoms with Crippen molar-refractivity contribution in [2.75, 3.05) is 18.5 Å². The molecule has 0 saturated carbocycles. The van der Waals surface area contributed by atoms with E-state index in [2.05, 4.69) is 11.8 Å². The zero-order valence-corrected chi connectivity index (χ0v) is 18.0. The molecule has 0 atom stereocenters. The van der Waals surface area contributed by atoms with Gasteiger partial charge in [-0.2, -0.15) is 13.2 Å². The van der Waals surface area contributed by atoms with Gasteiger partial charge in [-0.3, -0.25) is 4.79 Å². The highest BCUT2D eigenvalue weighted by atomic mass is 35.5. The number of anilines is 2. The Morgan fingerprint density at radius 1 is 1.09 bits per heavy atom. The van der Waals surface area contributed by atoms with E-state index in [1.54, 1.807) is 11.4 Å². The number of alkyl halides is 3. The van der Waals surface area contributed by atoms with E-state index in [4.69, 9.17) is 16.6 Å². The van der Waals surface area contributed by atoms with E-state index in [1.807, 2.05) is 60.5 Å². The van der Waals surface area contributed by atoms with Crippen LogP contribution in [0.2, 0.25) is 5.02 Å². The molecule has 0 saturated heterocycles. The zero-order chi connectivity index (χ0) is 23.3. The fraction of sp³-hybridized carbons (Fsp3) is 0.120. The molecule has 0 spiro atoms. The van der Waals surface area contributed by atoms with Crippen molar-refractivity contribution in [3.8, 4) is 23.1 Å². The highest BCUT2D eigenvalue weighted by Gasteiger charge is 2.38. The minimum atomic E-state index is -4.94. The van der Waals surface area contributed by atoms with Gasteiger partial charge in [0.15, 0.2) is 0 Å². The summed E-state index contributed by atoms with van der Waals surface area (Å²) in [5.41, 5.74) is 5.08. The van der Waals surface area contributed by atoms with E-state index in [1.165, 1.54) is 0 Å². The highest BCUT2D eigenvalue weighted by molar-refractivity contribution is 6.32. The maximum absolute atomic E-state index is 12.4. The number of fused-ring (bicyclic) bond motifs is 4. The van der Waals surface area contributed by atoms with Gasteiger partial charge in [0.1, 0.15) is 0 Å². The van der Waals surface area contributed by atoms with Gasteiger partial charge in [0, 0.05) is 34.0 Å². The number of carbonyl (C=O) groups is 1. The fourth-order valence-electron chi connectivity index (χ4n) is 4.08. The van der Waals surface area contributed by atoms with Gasteiger partial charge in [-0.1, -0.05) is 41.6 Å². The molecule has 4 nitrogen and oxygen atoms in total. The minimum absolute atomic E-state index is 0.418. The molecule has 4 aromatic rings. The number of benzene rings is 3. The molecule has 1 aromatic heterocycles. The second kappa shape index (κ2) is 7.68. The van der Waals surface area contributed by atoms with Crippen molar-refractivity contribution in [2.45, 2.75) is 6.18 Å². The quantitative estimate of drug-likeness (QED) is 0.284. The van der Waals surface area contributed by atoms with Crippen molar-refractivity contribution in [1.82, 2.24) is 10.3 Å². The van der Waals surface area contributed by atoms with Crippen molar-refractivity contribution in [2.24, 2.45) is 0 Å². The van der Waals surface area contributed by atoms with Crippen molar-refractivity contribution >= 4 is 50.6 Å². The summed E-state index contributed by atoms with van der Waals surface area (Å²) in [4.78, 5) is 18.0. The first-order chi connectivity index (χ1) is 15.7. The molecule has 0 radical (unpaired) electrons. The van der Waals surface area contributed by atoms with Crippen molar-refractivity contribution in [3.63, 3.8) is 0 Å². The average molecular weight is 466 g/mol. The first-order valence-corrected chi connectivity index (χ1v) is 10.4. The maximum Gasteiger partial charge on any atom is 0.471 e. The number of amides is 1. The van der Waals surface area contributed by atoms with Crippen molar-refractivity contribution < 1.29 is 18.0 Å². The first kappa shape index (κ1) is 21.1. The number of aromatic nitrogens is 1. The molecule has 3 aromatic carbocycles. The van der Waals surface area contributed by atoms with Crippen molar-refractivity contribution in [1.29, 1.82) is 0 Å². The Morgan fingerprint density at radius 3 is 2.67 bits per heavy atom. The Morgan fingerprint density at radius 2 is 1.88 bits per heavy atom. The van der Waals surface area contributed by atoms with Crippen LogP contribution < -0.4 is 10.2 Å². The lowest BCUT2D eigenvalue weighted by Gasteiger charge is -2.30. The summed E-state index contributed by atoms with van der Waals surface area (Å²) in [6.07, 6.45) is -4.94. The van der Waals surface area contributed by atoms with Crippen LogP contribution in [0.15, 0.2) is 54.6 Å². The molecule has 1 aliphatic heterocycles. The number of pyridine rings is 1. The monoisotopic (exact) mass is 465 g/mol. The topological polar surface area (TPSA) is 45.2 Å². The third-order valence-electron chi connectivity index (χ3n) is 5.54. The number of nitrogens with zero attached hydrogens (tertiary/aromatic N) is 2. The molecule has 33 heavy (non-hydrogen) atoms. The van der Waals surface area contributed by atoms with Gasteiger partial charge in [-0.15, -0.1) is 0 Å². The Balaban J connectivity index is 1.69.